The Morgan fingerprint density at radius 3 is 2.71 bits per heavy atom. The summed E-state index contributed by atoms with van der Waals surface area (Å²) in [5.41, 5.74) is 1.29. The molecule has 0 saturated heterocycles. The molecule has 0 fully saturated rings. The van der Waals surface area contributed by atoms with Gasteiger partial charge < -0.3 is 5.32 Å². The molecule has 0 aliphatic carbocycles. The van der Waals surface area contributed by atoms with E-state index in [0.29, 0.717) is 6.54 Å². The van der Waals surface area contributed by atoms with E-state index in [1.165, 1.54) is 15.4 Å². The third-order valence-electron chi connectivity index (χ3n) is 3.35. The number of nitrogens with one attached hydrogen (secondary N) is 1. The average Bonchev–Trinajstić information content (AvgIpc) is 2.96. The van der Waals surface area contributed by atoms with Crippen LogP contribution in [-0.2, 0) is 11.2 Å². The first kappa shape index (κ1) is 14.5. The van der Waals surface area contributed by atoms with Gasteiger partial charge in [-0.1, -0.05) is 36.4 Å². The van der Waals surface area contributed by atoms with E-state index >= 15 is 0 Å². The number of carbonyl (C=O) groups excluding carboxylic acids is 1. The summed E-state index contributed by atoms with van der Waals surface area (Å²) in [6, 6.07) is 18.5. The van der Waals surface area contributed by atoms with Gasteiger partial charge in [-0.15, -0.1) is 23.5 Å². The summed E-state index contributed by atoms with van der Waals surface area (Å²) in [7, 11) is 0. The zero-order valence-corrected chi connectivity index (χ0v) is 13.3. The lowest BCUT2D eigenvalue weighted by atomic mass is 10.1. The molecule has 1 aliphatic rings. The maximum absolute atomic E-state index is 12.2. The van der Waals surface area contributed by atoms with Crippen LogP contribution < -0.4 is 5.32 Å². The van der Waals surface area contributed by atoms with E-state index in [1.54, 1.807) is 23.5 Å². The number of rotatable bonds is 5. The molecule has 4 heteroatoms. The summed E-state index contributed by atoms with van der Waals surface area (Å²) in [6.45, 7) is 0.714. The fraction of sp³-hybridized carbons (Fsp3) is 0.235. The number of fused-ring (bicyclic) bond motifs is 1. The first-order valence-electron chi connectivity index (χ1n) is 7.03. The smallest absolute Gasteiger partial charge is 0.233 e. The Morgan fingerprint density at radius 2 is 1.90 bits per heavy atom. The van der Waals surface area contributed by atoms with Gasteiger partial charge in [-0.2, -0.15) is 0 Å². The van der Waals surface area contributed by atoms with Crippen molar-refractivity contribution in [1.29, 1.82) is 0 Å². The van der Waals surface area contributed by atoms with Gasteiger partial charge in [-0.3, -0.25) is 4.79 Å². The van der Waals surface area contributed by atoms with Crippen molar-refractivity contribution in [1.82, 2.24) is 5.32 Å². The SMILES string of the molecule is O=C(NCCSc1ccccc1)C1Cc2ccccc2S1. The van der Waals surface area contributed by atoms with Gasteiger partial charge in [0.25, 0.3) is 0 Å². The Hall–Kier alpha value is -1.39. The molecule has 1 heterocycles. The molecule has 108 valence electrons. The van der Waals surface area contributed by atoms with E-state index < -0.39 is 0 Å². The molecule has 3 rings (SSSR count). The van der Waals surface area contributed by atoms with Crippen LogP contribution in [0.25, 0.3) is 0 Å². The second kappa shape index (κ2) is 7.05. The number of hydrogen-bond acceptors (Lipinski definition) is 3. The maximum atomic E-state index is 12.2. The van der Waals surface area contributed by atoms with E-state index in [-0.39, 0.29) is 11.2 Å². The van der Waals surface area contributed by atoms with E-state index in [9.17, 15) is 4.79 Å². The predicted octanol–water partition coefficient (Wildman–Crippen LogP) is 3.61. The highest BCUT2D eigenvalue weighted by Crippen LogP contribution is 2.36. The Balaban J connectivity index is 1.42. The van der Waals surface area contributed by atoms with Gasteiger partial charge in [0, 0.05) is 22.1 Å². The summed E-state index contributed by atoms with van der Waals surface area (Å²) >= 11 is 3.45. The minimum absolute atomic E-state index is 0.0316. The molecule has 2 aromatic carbocycles. The molecule has 1 N–H and O–H groups in total. The van der Waals surface area contributed by atoms with Gasteiger partial charge in [0.1, 0.15) is 0 Å². The van der Waals surface area contributed by atoms with Crippen molar-refractivity contribution in [3.8, 4) is 0 Å². The third kappa shape index (κ3) is 3.83. The number of hydrogen-bond donors (Lipinski definition) is 1. The van der Waals surface area contributed by atoms with Crippen molar-refractivity contribution in [2.75, 3.05) is 12.3 Å². The molecule has 21 heavy (non-hydrogen) atoms. The molecule has 1 atom stereocenters. The van der Waals surface area contributed by atoms with Gasteiger partial charge in [0.2, 0.25) is 5.91 Å². The Morgan fingerprint density at radius 1 is 1.14 bits per heavy atom. The lowest BCUT2D eigenvalue weighted by Gasteiger charge is -2.09. The van der Waals surface area contributed by atoms with Crippen LogP contribution >= 0.6 is 23.5 Å². The first-order valence-corrected chi connectivity index (χ1v) is 8.89. The monoisotopic (exact) mass is 315 g/mol. The standard InChI is InChI=1S/C17H17NOS2/c19-17(16-12-13-6-4-5-9-15(13)21-16)18-10-11-20-14-7-2-1-3-8-14/h1-9,16H,10-12H2,(H,18,19). The van der Waals surface area contributed by atoms with Crippen molar-refractivity contribution >= 4 is 29.4 Å². The first-order chi connectivity index (χ1) is 10.3. The molecule has 0 saturated carbocycles. The molecule has 2 nitrogen and oxygen atoms in total. The van der Waals surface area contributed by atoms with Crippen LogP contribution in [0.3, 0.4) is 0 Å². The molecule has 0 radical (unpaired) electrons. The van der Waals surface area contributed by atoms with E-state index in [1.807, 2.05) is 30.3 Å². The molecule has 0 spiro atoms. The predicted molar refractivity (Wildman–Crippen MR) is 90.0 cm³/mol. The topological polar surface area (TPSA) is 29.1 Å². The fourth-order valence-corrected chi connectivity index (χ4v) is 4.31. The third-order valence-corrected chi connectivity index (χ3v) is 5.68. The second-order valence-corrected chi connectivity index (χ2v) is 7.28. The van der Waals surface area contributed by atoms with Crippen LogP contribution in [0, 0.1) is 0 Å². The molecule has 2 aromatic rings. The zero-order chi connectivity index (χ0) is 14.5. The number of amides is 1. The Kier molecular flexibility index (Phi) is 4.88. The van der Waals surface area contributed by atoms with E-state index in [2.05, 4.69) is 29.6 Å². The highest BCUT2D eigenvalue weighted by molar-refractivity contribution is 8.01. The van der Waals surface area contributed by atoms with Crippen LogP contribution in [0.15, 0.2) is 64.4 Å². The van der Waals surface area contributed by atoms with Gasteiger partial charge >= 0.3 is 0 Å². The number of benzene rings is 2. The van der Waals surface area contributed by atoms with Gasteiger partial charge in [-0.25, -0.2) is 0 Å². The van der Waals surface area contributed by atoms with Gasteiger partial charge in [0.15, 0.2) is 0 Å². The van der Waals surface area contributed by atoms with Crippen LogP contribution in [-0.4, -0.2) is 23.5 Å². The summed E-state index contributed by atoms with van der Waals surface area (Å²) in [6.07, 6.45) is 0.846. The van der Waals surface area contributed by atoms with Crippen molar-refractivity contribution in [3.63, 3.8) is 0 Å². The van der Waals surface area contributed by atoms with Crippen LogP contribution in [0.4, 0.5) is 0 Å². The van der Waals surface area contributed by atoms with Crippen molar-refractivity contribution in [2.24, 2.45) is 0 Å². The minimum atomic E-state index is 0.0316. The van der Waals surface area contributed by atoms with Crippen LogP contribution in [0.5, 0.6) is 0 Å². The normalized spacial score (nSPS) is 16.5. The summed E-state index contributed by atoms with van der Waals surface area (Å²) in [4.78, 5) is 14.7. The van der Waals surface area contributed by atoms with Gasteiger partial charge in [0.05, 0.1) is 5.25 Å². The van der Waals surface area contributed by atoms with Crippen molar-refractivity contribution in [2.45, 2.75) is 21.5 Å². The number of thioether (sulfide) groups is 2. The van der Waals surface area contributed by atoms with E-state index in [4.69, 9.17) is 0 Å². The zero-order valence-electron chi connectivity index (χ0n) is 11.6. The Labute approximate surface area is 133 Å². The molecular weight excluding hydrogens is 298 g/mol. The summed E-state index contributed by atoms with van der Waals surface area (Å²) in [5, 5.41) is 3.08. The molecule has 1 amide bonds. The van der Waals surface area contributed by atoms with E-state index in [0.717, 1.165) is 12.2 Å². The van der Waals surface area contributed by atoms with Crippen molar-refractivity contribution in [3.05, 3.63) is 60.2 Å². The Bertz CT molecular complexity index is 590. The lowest BCUT2D eigenvalue weighted by Crippen LogP contribution is -2.33. The highest BCUT2D eigenvalue weighted by atomic mass is 32.2. The molecule has 1 aliphatic heterocycles. The average molecular weight is 315 g/mol. The molecular formula is C17H17NOS2. The fourth-order valence-electron chi connectivity index (χ4n) is 2.30. The quantitative estimate of drug-likeness (QED) is 0.675. The second-order valence-electron chi connectivity index (χ2n) is 4.87. The molecule has 1 unspecified atom stereocenters. The molecule has 0 aromatic heterocycles. The number of carbonyl (C=O) groups is 1. The maximum Gasteiger partial charge on any atom is 0.233 e. The van der Waals surface area contributed by atoms with Crippen molar-refractivity contribution < 1.29 is 4.79 Å². The summed E-state index contributed by atoms with van der Waals surface area (Å²) < 4.78 is 0. The van der Waals surface area contributed by atoms with Crippen LogP contribution in [0.2, 0.25) is 0 Å². The van der Waals surface area contributed by atoms with Crippen LogP contribution in [0.1, 0.15) is 5.56 Å². The minimum Gasteiger partial charge on any atom is -0.354 e. The lowest BCUT2D eigenvalue weighted by molar-refractivity contribution is -0.120. The highest BCUT2D eigenvalue weighted by Gasteiger charge is 2.27. The summed E-state index contributed by atoms with van der Waals surface area (Å²) in [5.74, 6) is 1.06. The largest absolute Gasteiger partial charge is 0.354 e. The molecule has 0 bridgehead atoms. The van der Waals surface area contributed by atoms with Gasteiger partial charge in [-0.05, 0) is 30.2 Å².